The fourth-order valence-electron chi connectivity index (χ4n) is 1.94. The molecule has 0 spiro atoms. The lowest BCUT2D eigenvalue weighted by Crippen LogP contribution is -2.35. The summed E-state index contributed by atoms with van der Waals surface area (Å²) in [4.78, 5) is 2.50. The molecule has 0 saturated heterocycles. The topological polar surface area (TPSA) is 12.0 Å². The van der Waals surface area contributed by atoms with Crippen molar-refractivity contribution in [2.45, 2.75) is 49.6 Å². The first-order valence-corrected chi connectivity index (χ1v) is 8.31. The number of nitrogens with one attached hydrogen (secondary N) is 1. The van der Waals surface area contributed by atoms with Crippen LogP contribution in [0.5, 0.6) is 0 Å². The van der Waals surface area contributed by atoms with Crippen LogP contribution in [0.4, 0.5) is 0 Å². The number of hydrogen-bond donors (Lipinski definition) is 1. The average molecular weight is 320 g/mol. The van der Waals surface area contributed by atoms with E-state index in [-0.39, 0.29) is 5.54 Å². The van der Waals surface area contributed by atoms with E-state index in [4.69, 9.17) is 11.6 Å². The maximum Gasteiger partial charge on any atom is 0.0406 e. The van der Waals surface area contributed by atoms with Gasteiger partial charge in [-0.1, -0.05) is 41.1 Å². The SMILES string of the molecule is Cc1ccc(Sc2ccc(Cl)cc2)c(CNC(C)(C)C)c1. The van der Waals surface area contributed by atoms with Crippen molar-refractivity contribution in [2.75, 3.05) is 0 Å². The molecule has 3 heteroatoms. The van der Waals surface area contributed by atoms with Crippen LogP contribution in [0, 0.1) is 6.92 Å². The van der Waals surface area contributed by atoms with Gasteiger partial charge in [-0.25, -0.2) is 0 Å². The van der Waals surface area contributed by atoms with Crippen molar-refractivity contribution in [1.82, 2.24) is 5.32 Å². The first-order chi connectivity index (χ1) is 9.83. The van der Waals surface area contributed by atoms with Gasteiger partial charge in [0.1, 0.15) is 0 Å². The van der Waals surface area contributed by atoms with Crippen molar-refractivity contribution < 1.29 is 0 Å². The molecule has 0 atom stereocenters. The molecule has 0 aliphatic rings. The molecule has 0 aromatic heterocycles. The van der Waals surface area contributed by atoms with Crippen molar-refractivity contribution in [3.8, 4) is 0 Å². The third-order valence-corrected chi connectivity index (χ3v) is 4.44. The maximum atomic E-state index is 5.95. The summed E-state index contributed by atoms with van der Waals surface area (Å²) in [7, 11) is 0. The minimum atomic E-state index is 0.117. The highest BCUT2D eigenvalue weighted by Gasteiger charge is 2.11. The highest BCUT2D eigenvalue weighted by Crippen LogP contribution is 2.32. The Bertz CT molecular complexity index is 600. The van der Waals surface area contributed by atoms with Crippen molar-refractivity contribution in [1.29, 1.82) is 0 Å². The lowest BCUT2D eigenvalue weighted by Gasteiger charge is -2.22. The predicted molar refractivity (Wildman–Crippen MR) is 93.3 cm³/mol. The van der Waals surface area contributed by atoms with E-state index >= 15 is 0 Å². The Morgan fingerprint density at radius 3 is 2.33 bits per heavy atom. The highest BCUT2D eigenvalue weighted by atomic mass is 35.5. The molecule has 0 aliphatic carbocycles. The van der Waals surface area contributed by atoms with Crippen LogP contribution in [0.3, 0.4) is 0 Å². The van der Waals surface area contributed by atoms with Gasteiger partial charge in [0.2, 0.25) is 0 Å². The van der Waals surface area contributed by atoms with Gasteiger partial charge in [0.15, 0.2) is 0 Å². The maximum absolute atomic E-state index is 5.95. The van der Waals surface area contributed by atoms with Crippen LogP contribution in [-0.4, -0.2) is 5.54 Å². The van der Waals surface area contributed by atoms with E-state index in [1.807, 2.05) is 12.1 Å². The van der Waals surface area contributed by atoms with Gasteiger partial charge >= 0.3 is 0 Å². The first kappa shape index (κ1) is 16.4. The Kier molecular flexibility index (Phi) is 5.37. The van der Waals surface area contributed by atoms with Gasteiger partial charge in [-0.3, -0.25) is 0 Å². The van der Waals surface area contributed by atoms with E-state index in [9.17, 15) is 0 Å². The second kappa shape index (κ2) is 6.87. The second-order valence-electron chi connectivity index (χ2n) is 6.27. The molecule has 0 bridgehead atoms. The van der Waals surface area contributed by atoms with Gasteiger partial charge in [0.05, 0.1) is 0 Å². The van der Waals surface area contributed by atoms with Gasteiger partial charge in [-0.2, -0.15) is 0 Å². The first-order valence-electron chi connectivity index (χ1n) is 7.11. The molecule has 2 aromatic rings. The molecule has 0 saturated carbocycles. The Morgan fingerprint density at radius 1 is 1.05 bits per heavy atom. The quantitative estimate of drug-likeness (QED) is 0.777. The molecular formula is C18H22ClNS. The molecule has 0 unspecified atom stereocenters. The van der Waals surface area contributed by atoms with Crippen LogP contribution >= 0.6 is 23.4 Å². The van der Waals surface area contributed by atoms with Gasteiger partial charge < -0.3 is 5.32 Å². The number of aryl methyl sites for hydroxylation is 1. The zero-order valence-electron chi connectivity index (χ0n) is 13.0. The molecule has 0 aliphatic heterocycles. The summed E-state index contributed by atoms with van der Waals surface area (Å²) >= 11 is 7.73. The largest absolute Gasteiger partial charge is 0.308 e. The van der Waals surface area contributed by atoms with Crippen LogP contribution in [0.1, 0.15) is 31.9 Å². The summed E-state index contributed by atoms with van der Waals surface area (Å²) in [6, 6.07) is 14.6. The van der Waals surface area contributed by atoms with Gasteiger partial charge in [0.25, 0.3) is 0 Å². The van der Waals surface area contributed by atoms with Crippen molar-refractivity contribution in [3.63, 3.8) is 0 Å². The van der Waals surface area contributed by atoms with E-state index in [0.717, 1.165) is 11.6 Å². The van der Waals surface area contributed by atoms with Crippen LogP contribution in [0.25, 0.3) is 0 Å². The van der Waals surface area contributed by atoms with E-state index in [0.29, 0.717) is 0 Å². The van der Waals surface area contributed by atoms with E-state index < -0.39 is 0 Å². The van der Waals surface area contributed by atoms with Crippen LogP contribution in [0.15, 0.2) is 52.3 Å². The fourth-order valence-corrected chi connectivity index (χ4v) is 2.99. The number of halogens is 1. The zero-order valence-corrected chi connectivity index (χ0v) is 14.6. The summed E-state index contributed by atoms with van der Waals surface area (Å²) in [5.41, 5.74) is 2.75. The standard InChI is InChI=1S/C18H22ClNS/c1-13-5-10-17(14(11-13)12-20-18(2,3)4)21-16-8-6-15(19)7-9-16/h5-11,20H,12H2,1-4H3. The minimum absolute atomic E-state index is 0.117. The lowest BCUT2D eigenvalue weighted by atomic mass is 10.1. The molecule has 1 nitrogen and oxygen atoms in total. The van der Waals surface area contributed by atoms with Gasteiger partial charge in [-0.05, 0) is 63.6 Å². The summed E-state index contributed by atoms with van der Waals surface area (Å²) < 4.78 is 0. The molecule has 2 aromatic carbocycles. The molecule has 21 heavy (non-hydrogen) atoms. The van der Waals surface area contributed by atoms with E-state index in [1.165, 1.54) is 20.9 Å². The predicted octanol–water partition coefficient (Wildman–Crippen LogP) is 5.69. The summed E-state index contributed by atoms with van der Waals surface area (Å²) in [5, 5.41) is 4.34. The monoisotopic (exact) mass is 319 g/mol. The number of benzene rings is 2. The number of rotatable bonds is 4. The molecular weight excluding hydrogens is 298 g/mol. The van der Waals surface area contributed by atoms with Crippen molar-refractivity contribution in [3.05, 3.63) is 58.6 Å². The van der Waals surface area contributed by atoms with Crippen LogP contribution in [-0.2, 0) is 6.54 Å². The fraction of sp³-hybridized carbons (Fsp3) is 0.333. The normalized spacial score (nSPS) is 11.7. The molecule has 112 valence electrons. The Balaban J connectivity index is 2.20. The van der Waals surface area contributed by atoms with Gasteiger partial charge in [-0.15, -0.1) is 0 Å². The Labute approximate surface area is 137 Å². The number of hydrogen-bond acceptors (Lipinski definition) is 2. The van der Waals surface area contributed by atoms with E-state index in [2.05, 4.69) is 63.3 Å². The molecule has 1 N–H and O–H groups in total. The second-order valence-corrected chi connectivity index (χ2v) is 7.82. The lowest BCUT2D eigenvalue weighted by molar-refractivity contribution is 0.422. The van der Waals surface area contributed by atoms with E-state index in [1.54, 1.807) is 11.8 Å². The molecule has 0 fully saturated rings. The molecule has 0 amide bonds. The summed E-state index contributed by atoms with van der Waals surface area (Å²) in [6.07, 6.45) is 0. The average Bonchev–Trinajstić information content (AvgIpc) is 2.40. The molecule has 0 radical (unpaired) electrons. The van der Waals surface area contributed by atoms with Crippen molar-refractivity contribution in [2.24, 2.45) is 0 Å². The van der Waals surface area contributed by atoms with Crippen molar-refractivity contribution >= 4 is 23.4 Å². The smallest absolute Gasteiger partial charge is 0.0406 e. The molecule has 0 heterocycles. The third kappa shape index (κ3) is 5.39. The van der Waals surface area contributed by atoms with Crippen LogP contribution < -0.4 is 5.32 Å². The minimum Gasteiger partial charge on any atom is -0.308 e. The highest BCUT2D eigenvalue weighted by molar-refractivity contribution is 7.99. The zero-order chi connectivity index (χ0) is 15.5. The molecule has 2 rings (SSSR count). The van der Waals surface area contributed by atoms with Crippen LogP contribution in [0.2, 0.25) is 5.02 Å². The summed E-state index contributed by atoms with van der Waals surface area (Å²) in [6.45, 7) is 9.58. The summed E-state index contributed by atoms with van der Waals surface area (Å²) in [5.74, 6) is 0. The Hall–Kier alpha value is -0.960. The van der Waals surface area contributed by atoms with Gasteiger partial charge in [0, 0.05) is 26.9 Å². The Morgan fingerprint density at radius 2 is 1.71 bits per heavy atom. The third-order valence-electron chi connectivity index (χ3n) is 3.07.